The second-order valence-corrected chi connectivity index (χ2v) is 4.27. The lowest BCUT2D eigenvalue weighted by Gasteiger charge is -2.19. The molecule has 0 unspecified atom stereocenters. The molecule has 0 saturated carbocycles. The molecule has 8 heteroatoms. The van der Waals surface area contributed by atoms with Gasteiger partial charge in [-0.3, -0.25) is 0 Å². The van der Waals surface area contributed by atoms with Crippen molar-refractivity contribution >= 4 is 22.8 Å². The van der Waals surface area contributed by atoms with Gasteiger partial charge in [-0.05, 0) is 11.6 Å². The van der Waals surface area contributed by atoms with Crippen molar-refractivity contribution in [2.75, 3.05) is 18.1 Å². The van der Waals surface area contributed by atoms with Gasteiger partial charge in [-0.1, -0.05) is 0 Å². The molecule has 3 heterocycles. The summed E-state index contributed by atoms with van der Waals surface area (Å²) in [6.07, 6.45) is 2.76. The zero-order chi connectivity index (χ0) is 12.0. The summed E-state index contributed by atoms with van der Waals surface area (Å²) in [5.74, 6) is -2.66. The Bertz CT molecular complexity index is 570. The van der Waals surface area contributed by atoms with Gasteiger partial charge in [0.2, 0.25) is 5.28 Å². The summed E-state index contributed by atoms with van der Waals surface area (Å²) < 4.78 is 27.8. The van der Waals surface area contributed by atoms with Gasteiger partial charge in [0.05, 0.1) is 12.7 Å². The fraction of sp³-hybridized carbons (Fsp3) is 0.444. The summed E-state index contributed by atoms with van der Waals surface area (Å²) >= 11 is 5.68. The van der Waals surface area contributed by atoms with Crippen molar-refractivity contribution < 1.29 is 8.78 Å². The second kappa shape index (κ2) is 3.49. The maximum absolute atomic E-state index is 13.1. The maximum Gasteiger partial charge on any atom is 0.268 e. The molecular formula is C9H8ClF2N5. The Kier molecular flexibility index (Phi) is 2.19. The predicted octanol–water partition coefficient (Wildman–Crippen LogP) is 1.46. The Morgan fingerprint density at radius 2 is 2.18 bits per heavy atom. The Labute approximate surface area is 100 Å². The van der Waals surface area contributed by atoms with Crippen LogP contribution in [0.25, 0.3) is 11.2 Å². The number of hydrogen-bond acceptors (Lipinski definition) is 4. The highest BCUT2D eigenvalue weighted by Gasteiger charge is 2.39. The van der Waals surface area contributed by atoms with E-state index in [9.17, 15) is 8.78 Å². The average molecular weight is 260 g/mol. The zero-order valence-corrected chi connectivity index (χ0v) is 9.40. The molecule has 5 nitrogen and oxygen atoms in total. The molecule has 0 aliphatic carbocycles. The van der Waals surface area contributed by atoms with E-state index in [1.54, 1.807) is 0 Å². The van der Waals surface area contributed by atoms with Crippen molar-refractivity contribution in [1.82, 2.24) is 19.6 Å². The van der Waals surface area contributed by atoms with E-state index in [2.05, 4.69) is 15.0 Å². The molecule has 0 bridgehead atoms. The van der Waals surface area contributed by atoms with E-state index in [4.69, 9.17) is 11.6 Å². The lowest BCUT2D eigenvalue weighted by Crippen LogP contribution is -2.34. The lowest BCUT2D eigenvalue weighted by atomic mass is 10.3. The molecule has 2 aromatic rings. The first-order valence-corrected chi connectivity index (χ1v) is 5.42. The van der Waals surface area contributed by atoms with Gasteiger partial charge < -0.3 is 5.01 Å². The molecule has 3 rings (SSSR count). The van der Waals surface area contributed by atoms with Crippen LogP contribution in [0.4, 0.5) is 8.78 Å². The van der Waals surface area contributed by atoms with Gasteiger partial charge in [0.1, 0.15) is 11.8 Å². The molecule has 2 aromatic heterocycles. The van der Waals surface area contributed by atoms with Crippen LogP contribution in [0.15, 0.2) is 12.5 Å². The molecule has 90 valence electrons. The topological polar surface area (TPSA) is 46.8 Å². The maximum atomic E-state index is 13.1. The molecule has 1 fully saturated rings. The highest BCUT2D eigenvalue weighted by atomic mass is 35.5. The van der Waals surface area contributed by atoms with E-state index in [0.717, 1.165) is 0 Å². The van der Waals surface area contributed by atoms with Crippen molar-refractivity contribution in [3.05, 3.63) is 17.8 Å². The minimum Gasteiger partial charge on any atom is -0.304 e. The lowest BCUT2D eigenvalue weighted by molar-refractivity contribution is 0.0244. The van der Waals surface area contributed by atoms with Crippen LogP contribution in [-0.2, 0) is 0 Å². The number of fused-ring (bicyclic) bond motifs is 1. The van der Waals surface area contributed by atoms with Gasteiger partial charge in [-0.25, -0.2) is 23.4 Å². The zero-order valence-electron chi connectivity index (χ0n) is 8.65. The summed E-state index contributed by atoms with van der Waals surface area (Å²) in [4.78, 5) is 11.8. The molecule has 1 saturated heterocycles. The second-order valence-electron chi connectivity index (χ2n) is 3.93. The third kappa shape index (κ3) is 1.80. The molecule has 17 heavy (non-hydrogen) atoms. The minimum absolute atomic E-state index is 0.0743. The van der Waals surface area contributed by atoms with Crippen molar-refractivity contribution in [1.29, 1.82) is 0 Å². The molecule has 0 amide bonds. The molecule has 1 aliphatic rings. The fourth-order valence-electron chi connectivity index (χ4n) is 1.89. The Balaban J connectivity index is 2.03. The van der Waals surface area contributed by atoms with Crippen molar-refractivity contribution in [3.63, 3.8) is 0 Å². The van der Waals surface area contributed by atoms with Crippen LogP contribution in [0.1, 0.15) is 6.42 Å². The highest BCUT2D eigenvalue weighted by molar-refractivity contribution is 6.28. The van der Waals surface area contributed by atoms with Gasteiger partial charge >= 0.3 is 0 Å². The molecule has 1 aliphatic heterocycles. The van der Waals surface area contributed by atoms with E-state index in [1.807, 2.05) is 0 Å². The van der Waals surface area contributed by atoms with Crippen LogP contribution in [0.5, 0.6) is 0 Å². The first kappa shape index (κ1) is 10.6. The first-order chi connectivity index (χ1) is 8.05. The molecule has 0 radical (unpaired) electrons. The van der Waals surface area contributed by atoms with E-state index in [0.29, 0.717) is 11.2 Å². The van der Waals surface area contributed by atoms with Gasteiger partial charge in [0.25, 0.3) is 5.92 Å². The average Bonchev–Trinajstić information content (AvgIpc) is 2.81. The number of imidazole rings is 1. The quantitative estimate of drug-likeness (QED) is 0.728. The number of hydrogen-bond donors (Lipinski definition) is 0. The van der Waals surface area contributed by atoms with E-state index in [1.165, 1.54) is 22.2 Å². The molecular weight excluding hydrogens is 252 g/mol. The highest BCUT2D eigenvalue weighted by Crippen LogP contribution is 2.26. The van der Waals surface area contributed by atoms with Crippen LogP contribution in [-0.4, -0.2) is 38.6 Å². The van der Waals surface area contributed by atoms with E-state index in [-0.39, 0.29) is 24.8 Å². The summed E-state index contributed by atoms with van der Waals surface area (Å²) in [6, 6.07) is 0. The Morgan fingerprint density at radius 3 is 2.88 bits per heavy atom. The summed E-state index contributed by atoms with van der Waals surface area (Å²) in [7, 11) is 0. The number of halogens is 3. The van der Waals surface area contributed by atoms with Gasteiger partial charge in [-0.2, -0.15) is 4.98 Å². The van der Waals surface area contributed by atoms with Crippen LogP contribution >= 0.6 is 11.6 Å². The van der Waals surface area contributed by atoms with Crippen LogP contribution < -0.4 is 5.01 Å². The van der Waals surface area contributed by atoms with E-state index < -0.39 is 5.92 Å². The summed E-state index contributed by atoms with van der Waals surface area (Å²) in [5.41, 5.74) is 0.979. The van der Waals surface area contributed by atoms with Gasteiger partial charge in [0, 0.05) is 13.0 Å². The van der Waals surface area contributed by atoms with Crippen molar-refractivity contribution in [3.8, 4) is 0 Å². The fourth-order valence-corrected chi connectivity index (χ4v) is 2.01. The van der Waals surface area contributed by atoms with Crippen molar-refractivity contribution in [2.24, 2.45) is 0 Å². The number of aromatic nitrogens is 4. The SMILES string of the molecule is FC1(F)CCN(n2cnc3cnc(Cl)nc32)C1. The van der Waals surface area contributed by atoms with Crippen molar-refractivity contribution in [2.45, 2.75) is 12.3 Å². The Morgan fingerprint density at radius 1 is 1.35 bits per heavy atom. The third-order valence-electron chi connectivity index (χ3n) is 2.70. The monoisotopic (exact) mass is 259 g/mol. The number of rotatable bonds is 1. The van der Waals surface area contributed by atoms with Crippen LogP contribution in [0.3, 0.4) is 0 Å². The summed E-state index contributed by atoms with van der Waals surface area (Å²) in [6.45, 7) is -0.0693. The minimum atomic E-state index is -2.66. The smallest absolute Gasteiger partial charge is 0.268 e. The van der Waals surface area contributed by atoms with Gasteiger partial charge in [0.15, 0.2) is 5.65 Å². The van der Waals surface area contributed by atoms with E-state index >= 15 is 0 Å². The van der Waals surface area contributed by atoms with Crippen LogP contribution in [0.2, 0.25) is 5.28 Å². The largest absolute Gasteiger partial charge is 0.304 e. The number of alkyl halides is 2. The molecule has 0 spiro atoms. The predicted molar refractivity (Wildman–Crippen MR) is 57.8 cm³/mol. The third-order valence-corrected chi connectivity index (χ3v) is 2.88. The number of nitrogens with zero attached hydrogens (tertiary/aromatic N) is 5. The van der Waals surface area contributed by atoms with Crippen LogP contribution in [0, 0.1) is 0 Å². The standard InChI is InChI=1S/C9H8ClF2N5/c10-8-13-3-6-7(15-8)17(5-14-6)16-2-1-9(11,12)4-16/h3,5H,1-2,4H2. The molecule has 0 N–H and O–H groups in total. The molecule has 0 aromatic carbocycles. The Hall–Kier alpha value is -1.50. The van der Waals surface area contributed by atoms with Gasteiger partial charge in [-0.15, -0.1) is 0 Å². The normalized spacial score (nSPS) is 19.1. The molecule has 0 atom stereocenters. The first-order valence-electron chi connectivity index (χ1n) is 5.04. The summed E-state index contributed by atoms with van der Waals surface area (Å²) in [5, 5.41) is 1.57.